The Hall–Kier alpha value is -0.930. The van der Waals surface area contributed by atoms with Crippen LogP contribution < -0.4 is 5.32 Å². The zero-order chi connectivity index (χ0) is 13.5. The lowest BCUT2D eigenvalue weighted by Gasteiger charge is -2.20. The molecule has 0 aliphatic rings. The molecule has 2 nitrogen and oxygen atoms in total. The molecule has 0 bridgehead atoms. The molecule has 0 aliphatic carbocycles. The minimum atomic E-state index is -0.156. The lowest BCUT2D eigenvalue weighted by atomic mass is 10.1. The molecule has 1 aromatic carbocycles. The molecule has 0 aromatic heterocycles. The van der Waals surface area contributed by atoms with Crippen LogP contribution in [0, 0.1) is 12.7 Å². The van der Waals surface area contributed by atoms with Gasteiger partial charge in [-0.15, -0.1) is 0 Å². The van der Waals surface area contributed by atoms with E-state index in [0.717, 1.165) is 37.2 Å². The third-order valence-corrected chi connectivity index (χ3v) is 3.37. The third kappa shape index (κ3) is 5.15. The zero-order valence-corrected chi connectivity index (χ0v) is 12.0. The molecule has 102 valence electrons. The summed E-state index contributed by atoms with van der Waals surface area (Å²) in [5.74, 6) is -0.156. The van der Waals surface area contributed by atoms with Gasteiger partial charge in [-0.1, -0.05) is 6.07 Å². The molecule has 0 saturated carbocycles. The highest BCUT2D eigenvalue weighted by molar-refractivity contribution is 5.26. The molecule has 0 saturated heterocycles. The molecule has 0 amide bonds. The topological polar surface area (TPSA) is 15.3 Å². The maximum absolute atomic E-state index is 13.1. The van der Waals surface area contributed by atoms with Crippen LogP contribution in [0.3, 0.4) is 0 Å². The Bertz CT molecular complexity index is 364. The first kappa shape index (κ1) is 15.1. The van der Waals surface area contributed by atoms with Gasteiger partial charge in [-0.25, -0.2) is 4.39 Å². The standard InChI is InChI=1S/C15H25FN2/c1-12(2)18(4)9-5-8-17-11-14-10-15(16)7-6-13(14)3/h6-7,10,12,17H,5,8-9,11H2,1-4H3. The van der Waals surface area contributed by atoms with E-state index < -0.39 is 0 Å². The fraction of sp³-hybridized carbons (Fsp3) is 0.600. The summed E-state index contributed by atoms with van der Waals surface area (Å²) in [5.41, 5.74) is 2.19. The monoisotopic (exact) mass is 252 g/mol. The van der Waals surface area contributed by atoms with Gasteiger partial charge in [0.15, 0.2) is 0 Å². The van der Waals surface area contributed by atoms with Gasteiger partial charge in [0.05, 0.1) is 0 Å². The van der Waals surface area contributed by atoms with Crippen molar-refractivity contribution in [3.8, 4) is 0 Å². The van der Waals surface area contributed by atoms with Gasteiger partial charge in [0, 0.05) is 12.6 Å². The SMILES string of the molecule is Cc1ccc(F)cc1CNCCCN(C)C(C)C. The van der Waals surface area contributed by atoms with E-state index in [1.807, 2.05) is 13.0 Å². The average Bonchev–Trinajstić information content (AvgIpc) is 2.32. The summed E-state index contributed by atoms with van der Waals surface area (Å²) in [6, 6.07) is 5.55. The van der Waals surface area contributed by atoms with Gasteiger partial charge < -0.3 is 10.2 Å². The van der Waals surface area contributed by atoms with Crippen molar-refractivity contribution in [2.24, 2.45) is 0 Å². The Balaban J connectivity index is 2.24. The summed E-state index contributed by atoms with van der Waals surface area (Å²) in [5, 5.41) is 3.37. The highest BCUT2D eigenvalue weighted by Gasteiger charge is 2.02. The molecule has 0 spiro atoms. The van der Waals surface area contributed by atoms with Gasteiger partial charge >= 0.3 is 0 Å². The third-order valence-electron chi connectivity index (χ3n) is 3.37. The summed E-state index contributed by atoms with van der Waals surface area (Å²) in [7, 11) is 2.14. The summed E-state index contributed by atoms with van der Waals surface area (Å²) in [6.45, 7) is 9.21. The van der Waals surface area contributed by atoms with Crippen molar-refractivity contribution in [3.63, 3.8) is 0 Å². The Morgan fingerprint density at radius 1 is 1.33 bits per heavy atom. The number of hydrogen-bond donors (Lipinski definition) is 1. The van der Waals surface area contributed by atoms with Crippen LogP contribution in [0.4, 0.5) is 4.39 Å². The lowest BCUT2D eigenvalue weighted by molar-refractivity contribution is 0.269. The van der Waals surface area contributed by atoms with Crippen molar-refractivity contribution in [1.82, 2.24) is 10.2 Å². The van der Waals surface area contributed by atoms with Crippen molar-refractivity contribution >= 4 is 0 Å². The molecule has 1 rings (SSSR count). The van der Waals surface area contributed by atoms with E-state index in [9.17, 15) is 4.39 Å². The minimum Gasteiger partial charge on any atom is -0.313 e. The van der Waals surface area contributed by atoms with Gasteiger partial charge in [-0.05, 0) is 70.6 Å². The second kappa shape index (κ2) is 7.49. The number of nitrogens with one attached hydrogen (secondary N) is 1. The number of hydrogen-bond acceptors (Lipinski definition) is 2. The maximum Gasteiger partial charge on any atom is 0.123 e. The van der Waals surface area contributed by atoms with Crippen LogP contribution in [-0.2, 0) is 6.54 Å². The quantitative estimate of drug-likeness (QED) is 0.751. The van der Waals surface area contributed by atoms with Crippen LogP contribution in [0.15, 0.2) is 18.2 Å². The molecule has 1 N–H and O–H groups in total. The maximum atomic E-state index is 13.1. The molecule has 1 aromatic rings. The number of aryl methyl sites for hydroxylation is 1. The van der Waals surface area contributed by atoms with E-state index in [1.54, 1.807) is 6.07 Å². The molecule has 0 aliphatic heterocycles. The number of nitrogens with zero attached hydrogens (tertiary/aromatic N) is 1. The Morgan fingerprint density at radius 2 is 2.06 bits per heavy atom. The van der Waals surface area contributed by atoms with E-state index in [0.29, 0.717) is 6.04 Å². The molecule has 0 atom stereocenters. The summed E-state index contributed by atoms with van der Waals surface area (Å²) >= 11 is 0. The predicted molar refractivity (Wildman–Crippen MR) is 75.2 cm³/mol. The first-order valence-corrected chi connectivity index (χ1v) is 6.66. The van der Waals surface area contributed by atoms with Gasteiger partial charge in [-0.2, -0.15) is 0 Å². The molecule has 0 radical (unpaired) electrons. The van der Waals surface area contributed by atoms with Crippen LogP contribution in [-0.4, -0.2) is 31.1 Å². The second-order valence-electron chi connectivity index (χ2n) is 5.18. The number of halogens is 1. The number of benzene rings is 1. The van der Waals surface area contributed by atoms with Crippen LogP contribution in [0.25, 0.3) is 0 Å². The fourth-order valence-corrected chi connectivity index (χ4v) is 1.77. The molecule has 18 heavy (non-hydrogen) atoms. The average molecular weight is 252 g/mol. The molecular formula is C15H25FN2. The first-order chi connectivity index (χ1) is 8.50. The van der Waals surface area contributed by atoms with Crippen molar-refractivity contribution in [1.29, 1.82) is 0 Å². The van der Waals surface area contributed by atoms with Gasteiger partial charge in [0.1, 0.15) is 5.82 Å². The fourth-order valence-electron chi connectivity index (χ4n) is 1.77. The normalized spacial score (nSPS) is 11.5. The number of rotatable bonds is 7. The van der Waals surface area contributed by atoms with Gasteiger partial charge in [0.2, 0.25) is 0 Å². The molecule has 3 heteroatoms. The van der Waals surface area contributed by atoms with Crippen LogP contribution in [0.1, 0.15) is 31.4 Å². The summed E-state index contributed by atoms with van der Waals surface area (Å²) < 4.78 is 13.1. The minimum absolute atomic E-state index is 0.156. The Kier molecular flexibility index (Phi) is 6.30. The largest absolute Gasteiger partial charge is 0.313 e. The van der Waals surface area contributed by atoms with Gasteiger partial charge in [0.25, 0.3) is 0 Å². The van der Waals surface area contributed by atoms with Crippen molar-refractivity contribution < 1.29 is 4.39 Å². The lowest BCUT2D eigenvalue weighted by Crippen LogP contribution is -2.29. The van der Waals surface area contributed by atoms with Crippen LogP contribution >= 0.6 is 0 Å². The Morgan fingerprint density at radius 3 is 2.72 bits per heavy atom. The van der Waals surface area contributed by atoms with Crippen molar-refractivity contribution in [2.75, 3.05) is 20.1 Å². The molecule has 0 unspecified atom stereocenters. The van der Waals surface area contributed by atoms with E-state index in [1.165, 1.54) is 6.07 Å². The van der Waals surface area contributed by atoms with Crippen molar-refractivity contribution in [2.45, 2.75) is 39.8 Å². The predicted octanol–water partition coefficient (Wildman–Crippen LogP) is 2.95. The molecule has 0 heterocycles. The Labute approximate surface area is 110 Å². The second-order valence-corrected chi connectivity index (χ2v) is 5.18. The van der Waals surface area contributed by atoms with Crippen LogP contribution in [0.2, 0.25) is 0 Å². The van der Waals surface area contributed by atoms with Crippen LogP contribution in [0.5, 0.6) is 0 Å². The summed E-state index contributed by atoms with van der Waals surface area (Å²) in [6.07, 6.45) is 1.11. The summed E-state index contributed by atoms with van der Waals surface area (Å²) in [4.78, 5) is 2.33. The first-order valence-electron chi connectivity index (χ1n) is 6.66. The van der Waals surface area contributed by atoms with E-state index in [-0.39, 0.29) is 5.82 Å². The molecular weight excluding hydrogens is 227 g/mol. The van der Waals surface area contributed by atoms with Crippen molar-refractivity contribution in [3.05, 3.63) is 35.1 Å². The zero-order valence-electron chi connectivity index (χ0n) is 12.0. The van der Waals surface area contributed by atoms with E-state index in [4.69, 9.17) is 0 Å². The highest BCUT2D eigenvalue weighted by Crippen LogP contribution is 2.09. The van der Waals surface area contributed by atoms with E-state index in [2.05, 4.69) is 31.1 Å². The van der Waals surface area contributed by atoms with E-state index >= 15 is 0 Å². The van der Waals surface area contributed by atoms with Gasteiger partial charge in [-0.3, -0.25) is 0 Å². The highest BCUT2D eigenvalue weighted by atomic mass is 19.1. The molecule has 0 fully saturated rings. The smallest absolute Gasteiger partial charge is 0.123 e.